The van der Waals surface area contributed by atoms with Crippen molar-refractivity contribution < 1.29 is 9.53 Å². The van der Waals surface area contributed by atoms with Crippen LogP contribution in [0, 0.1) is 0 Å². The number of amides is 1. The average Bonchev–Trinajstić information content (AvgIpc) is 2.45. The fraction of sp³-hybridized carbons (Fsp3) is 0.111. The van der Waals surface area contributed by atoms with Gasteiger partial charge in [0.25, 0.3) is 11.9 Å². The molecule has 0 spiro atoms. The van der Waals surface area contributed by atoms with Crippen LogP contribution >= 0.6 is 23.2 Å². The van der Waals surface area contributed by atoms with Crippen molar-refractivity contribution in [1.82, 2.24) is 0 Å². The molecule has 2 rings (SSSR count). The molecule has 0 saturated heterocycles. The number of nitrogens with two attached hydrogens (primary N) is 1. The first-order valence-electron chi connectivity index (χ1n) is 4.08. The van der Waals surface area contributed by atoms with E-state index >= 15 is 0 Å². The van der Waals surface area contributed by atoms with E-state index in [9.17, 15) is 4.79 Å². The Bertz CT molecular complexity index is 439. The molecule has 78 valence electrons. The van der Waals surface area contributed by atoms with Crippen LogP contribution in [0.2, 0.25) is 10.0 Å². The van der Waals surface area contributed by atoms with Crippen molar-refractivity contribution in [3.63, 3.8) is 0 Å². The molecule has 1 amide bonds. The third-order valence-corrected chi connectivity index (χ3v) is 2.60. The van der Waals surface area contributed by atoms with Crippen molar-refractivity contribution in [2.24, 2.45) is 10.7 Å². The van der Waals surface area contributed by atoms with Crippen LogP contribution in [0.15, 0.2) is 23.2 Å². The van der Waals surface area contributed by atoms with Gasteiger partial charge in [0, 0.05) is 15.6 Å². The molecule has 2 N–H and O–H groups in total. The van der Waals surface area contributed by atoms with Crippen molar-refractivity contribution in [1.29, 1.82) is 0 Å². The highest BCUT2D eigenvalue weighted by molar-refractivity contribution is 6.36. The normalized spacial score (nSPS) is 20.0. The highest BCUT2D eigenvalue weighted by Gasteiger charge is 2.32. The van der Waals surface area contributed by atoms with E-state index < -0.39 is 12.0 Å². The number of nitrogens with zero attached hydrogens (tertiary/aromatic N) is 1. The van der Waals surface area contributed by atoms with Crippen molar-refractivity contribution in [2.75, 3.05) is 0 Å². The molecule has 1 heterocycles. The lowest BCUT2D eigenvalue weighted by Crippen LogP contribution is -2.14. The Hall–Kier alpha value is -1.26. The number of hydrogen-bond donors (Lipinski definition) is 1. The van der Waals surface area contributed by atoms with Gasteiger partial charge in [0.1, 0.15) is 0 Å². The van der Waals surface area contributed by atoms with E-state index in [2.05, 4.69) is 4.99 Å². The Morgan fingerprint density at radius 2 is 1.93 bits per heavy atom. The maximum Gasteiger partial charge on any atom is 0.296 e. The molecular weight excluding hydrogens is 239 g/mol. The molecule has 1 aliphatic rings. The zero-order valence-electron chi connectivity index (χ0n) is 7.41. The Morgan fingerprint density at radius 1 is 1.33 bits per heavy atom. The Labute approximate surface area is 95.6 Å². The standard InChI is InChI=1S/C9H6Cl2N2O2/c10-4-2-1-3-5(11)6(4)7-8(14)13-9(12)15-7/h1-3,7H,(H2,12,13,14). The van der Waals surface area contributed by atoms with Gasteiger partial charge in [-0.05, 0) is 12.1 Å². The minimum absolute atomic E-state index is 0.166. The van der Waals surface area contributed by atoms with Gasteiger partial charge in [0.05, 0.1) is 0 Å². The largest absolute Gasteiger partial charge is 0.446 e. The molecule has 4 nitrogen and oxygen atoms in total. The molecule has 0 fully saturated rings. The molecule has 6 heteroatoms. The summed E-state index contributed by atoms with van der Waals surface area (Å²) in [5.41, 5.74) is 5.67. The second-order valence-electron chi connectivity index (χ2n) is 2.92. The summed E-state index contributed by atoms with van der Waals surface area (Å²) in [6.45, 7) is 0. The summed E-state index contributed by atoms with van der Waals surface area (Å²) < 4.78 is 5.03. The van der Waals surface area contributed by atoms with Crippen LogP contribution in [0.5, 0.6) is 0 Å². The molecule has 1 aliphatic heterocycles. The second-order valence-corrected chi connectivity index (χ2v) is 3.74. The number of carbonyl (C=O) groups excluding carboxylic acids is 1. The SMILES string of the molecule is NC1=NC(=O)C(c2c(Cl)cccc2Cl)O1. The predicted octanol–water partition coefficient (Wildman–Crippen LogP) is 1.91. The number of benzene rings is 1. The summed E-state index contributed by atoms with van der Waals surface area (Å²) in [6.07, 6.45) is -0.925. The van der Waals surface area contributed by atoms with Gasteiger partial charge in [-0.1, -0.05) is 29.3 Å². The molecule has 0 aromatic heterocycles. The summed E-state index contributed by atoms with van der Waals surface area (Å²) in [6, 6.07) is 4.75. The summed E-state index contributed by atoms with van der Waals surface area (Å²) in [7, 11) is 0. The lowest BCUT2D eigenvalue weighted by atomic mass is 10.1. The first-order valence-corrected chi connectivity index (χ1v) is 4.84. The van der Waals surface area contributed by atoms with E-state index in [-0.39, 0.29) is 6.02 Å². The van der Waals surface area contributed by atoms with Crippen LogP contribution in [0.3, 0.4) is 0 Å². The molecule has 1 unspecified atom stereocenters. The van der Waals surface area contributed by atoms with Crippen molar-refractivity contribution in [3.8, 4) is 0 Å². The molecule has 0 aliphatic carbocycles. The van der Waals surface area contributed by atoms with E-state index in [0.29, 0.717) is 15.6 Å². The lowest BCUT2D eigenvalue weighted by molar-refractivity contribution is -0.122. The molecule has 15 heavy (non-hydrogen) atoms. The van der Waals surface area contributed by atoms with Crippen LogP contribution in [-0.4, -0.2) is 11.9 Å². The second kappa shape index (κ2) is 3.72. The van der Waals surface area contributed by atoms with E-state index in [1.807, 2.05) is 0 Å². The maximum atomic E-state index is 11.4. The van der Waals surface area contributed by atoms with Crippen molar-refractivity contribution in [3.05, 3.63) is 33.8 Å². The Balaban J connectivity index is 2.44. The van der Waals surface area contributed by atoms with Gasteiger partial charge in [-0.2, -0.15) is 4.99 Å². The molecular formula is C9H6Cl2N2O2. The number of amidine groups is 1. The number of rotatable bonds is 1. The summed E-state index contributed by atoms with van der Waals surface area (Å²) >= 11 is 11.8. The summed E-state index contributed by atoms with van der Waals surface area (Å²) in [5.74, 6) is -0.498. The van der Waals surface area contributed by atoms with Gasteiger partial charge < -0.3 is 10.5 Å². The van der Waals surface area contributed by atoms with E-state index in [1.54, 1.807) is 18.2 Å². The third kappa shape index (κ3) is 1.78. The highest BCUT2D eigenvalue weighted by Crippen LogP contribution is 2.34. The van der Waals surface area contributed by atoms with Crippen molar-refractivity contribution >= 4 is 35.1 Å². The minimum Gasteiger partial charge on any atom is -0.446 e. The minimum atomic E-state index is -0.925. The molecule has 1 aromatic carbocycles. The summed E-state index contributed by atoms with van der Waals surface area (Å²) in [4.78, 5) is 14.8. The fourth-order valence-corrected chi connectivity index (χ4v) is 1.90. The van der Waals surface area contributed by atoms with Crippen molar-refractivity contribution in [2.45, 2.75) is 6.10 Å². The van der Waals surface area contributed by atoms with Crippen LogP contribution in [0.25, 0.3) is 0 Å². The number of halogens is 2. The molecule has 0 radical (unpaired) electrons. The molecule has 1 aromatic rings. The van der Waals surface area contributed by atoms with Gasteiger partial charge in [-0.25, -0.2) is 0 Å². The fourth-order valence-electron chi connectivity index (χ4n) is 1.31. The van der Waals surface area contributed by atoms with E-state index in [0.717, 1.165) is 0 Å². The zero-order chi connectivity index (χ0) is 11.0. The monoisotopic (exact) mass is 244 g/mol. The molecule has 1 atom stereocenters. The van der Waals surface area contributed by atoms with Gasteiger partial charge in [-0.15, -0.1) is 0 Å². The Morgan fingerprint density at radius 3 is 2.40 bits per heavy atom. The predicted molar refractivity (Wildman–Crippen MR) is 56.9 cm³/mol. The third-order valence-electron chi connectivity index (χ3n) is 1.95. The van der Waals surface area contributed by atoms with E-state index in [1.165, 1.54) is 0 Å². The maximum absolute atomic E-state index is 11.4. The summed E-state index contributed by atoms with van der Waals surface area (Å²) in [5, 5.41) is 0.705. The first kappa shape index (κ1) is 10.3. The number of ether oxygens (including phenoxy) is 1. The zero-order valence-corrected chi connectivity index (χ0v) is 8.92. The quantitative estimate of drug-likeness (QED) is 0.821. The molecule has 0 saturated carbocycles. The topological polar surface area (TPSA) is 64.7 Å². The number of aliphatic imine (C=N–C) groups is 1. The number of hydrogen-bond acceptors (Lipinski definition) is 3. The van der Waals surface area contributed by atoms with Gasteiger partial charge in [0.2, 0.25) is 6.10 Å². The Kier molecular flexibility index (Phi) is 2.54. The van der Waals surface area contributed by atoms with Gasteiger partial charge in [0.15, 0.2) is 0 Å². The highest BCUT2D eigenvalue weighted by atomic mass is 35.5. The van der Waals surface area contributed by atoms with Gasteiger partial charge in [-0.3, -0.25) is 4.79 Å². The van der Waals surface area contributed by atoms with Crippen LogP contribution in [-0.2, 0) is 9.53 Å². The molecule has 0 bridgehead atoms. The van der Waals surface area contributed by atoms with Crippen LogP contribution in [0.4, 0.5) is 0 Å². The van der Waals surface area contributed by atoms with Gasteiger partial charge >= 0.3 is 0 Å². The first-order chi connectivity index (χ1) is 7.09. The van der Waals surface area contributed by atoms with Crippen LogP contribution in [0.1, 0.15) is 11.7 Å². The average molecular weight is 245 g/mol. The van der Waals surface area contributed by atoms with Crippen LogP contribution < -0.4 is 5.73 Å². The number of carbonyl (C=O) groups is 1. The van der Waals surface area contributed by atoms with E-state index in [4.69, 9.17) is 33.7 Å². The lowest BCUT2D eigenvalue weighted by Gasteiger charge is -2.11. The smallest absolute Gasteiger partial charge is 0.296 e.